The van der Waals surface area contributed by atoms with Crippen molar-refractivity contribution < 1.29 is 0 Å². The van der Waals surface area contributed by atoms with Crippen LogP contribution in [0.25, 0.3) is 21.8 Å². The average Bonchev–Trinajstić information content (AvgIpc) is 3.16. The van der Waals surface area contributed by atoms with Crippen molar-refractivity contribution in [3.05, 3.63) is 70.9 Å². The Bertz CT molecular complexity index is 1430. The molecule has 5 nitrogen and oxygen atoms in total. The fourth-order valence-electron chi connectivity index (χ4n) is 5.85. The van der Waals surface area contributed by atoms with Crippen molar-refractivity contribution in [2.24, 2.45) is 17.1 Å². The van der Waals surface area contributed by atoms with Gasteiger partial charge < -0.3 is 10.3 Å². The number of hydrogen-bond donors (Lipinski definition) is 1. The van der Waals surface area contributed by atoms with Gasteiger partial charge in [-0.3, -0.25) is 0 Å². The standard InChI is InChI=1S/C27H23N5/c1-2-32-23-10-6-5-8-19(23)21-13-17(11-12-24(21)32)25-20-9-4-3-7-18(20)22(14-28)26(31)27(25,15-29)16-30/h5-8,10-13,20,25H,2-4,9,31H2,1H3/t20-,25-/m0/s1. The van der Waals surface area contributed by atoms with E-state index >= 15 is 0 Å². The number of fused-ring (bicyclic) bond motifs is 4. The van der Waals surface area contributed by atoms with Gasteiger partial charge in [0.05, 0.1) is 23.4 Å². The molecule has 1 aromatic heterocycles. The molecule has 156 valence electrons. The van der Waals surface area contributed by atoms with Crippen LogP contribution in [0.3, 0.4) is 0 Å². The second-order valence-electron chi connectivity index (χ2n) is 8.64. The first-order valence-electron chi connectivity index (χ1n) is 11.0. The largest absolute Gasteiger partial charge is 0.399 e. The number of nitriles is 3. The molecule has 0 spiro atoms. The number of nitrogens with zero attached hydrogens (tertiary/aromatic N) is 4. The van der Waals surface area contributed by atoms with Crippen LogP contribution in [0.4, 0.5) is 0 Å². The summed E-state index contributed by atoms with van der Waals surface area (Å²) in [6.45, 7) is 2.98. The molecule has 0 unspecified atom stereocenters. The molecule has 2 atom stereocenters. The molecule has 0 bridgehead atoms. The molecule has 5 rings (SSSR count). The van der Waals surface area contributed by atoms with E-state index in [2.05, 4.69) is 60.0 Å². The third-order valence-electron chi connectivity index (χ3n) is 7.27. The summed E-state index contributed by atoms with van der Waals surface area (Å²) < 4.78 is 2.28. The predicted octanol–water partition coefficient (Wildman–Crippen LogP) is 5.41. The van der Waals surface area contributed by atoms with Crippen LogP contribution in [-0.2, 0) is 6.54 Å². The number of para-hydroxylation sites is 1. The van der Waals surface area contributed by atoms with Crippen LogP contribution in [0, 0.1) is 45.3 Å². The first-order valence-corrected chi connectivity index (χ1v) is 11.0. The van der Waals surface area contributed by atoms with E-state index in [1.54, 1.807) is 0 Å². The normalized spacial score (nSPS) is 22.0. The summed E-state index contributed by atoms with van der Waals surface area (Å²) in [5, 5.41) is 32.6. The van der Waals surface area contributed by atoms with Crippen molar-refractivity contribution >= 4 is 21.8 Å². The van der Waals surface area contributed by atoms with Gasteiger partial charge in [-0.2, -0.15) is 15.8 Å². The summed E-state index contributed by atoms with van der Waals surface area (Å²) in [6, 6.07) is 21.2. The molecule has 2 aromatic carbocycles. The highest BCUT2D eigenvalue weighted by Gasteiger charge is 2.53. The van der Waals surface area contributed by atoms with E-state index in [4.69, 9.17) is 5.73 Å². The fourth-order valence-corrected chi connectivity index (χ4v) is 5.85. The van der Waals surface area contributed by atoms with Crippen molar-refractivity contribution in [2.45, 2.75) is 38.6 Å². The molecule has 3 aromatic rings. The van der Waals surface area contributed by atoms with Gasteiger partial charge in [-0.15, -0.1) is 0 Å². The van der Waals surface area contributed by atoms with Gasteiger partial charge in [0.15, 0.2) is 5.41 Å². The zero-order valence-corrected chi connectivity index (χ0v) is 18.0. The Morgan fingerprint density at radius 1 is 1.06 bits per heavy atom. The minimum absolute atomic E-state index is 0.0815. The number of nitrogens with two attached hydrogens (primary N) is 1. The van der Waals surface area contributed by atoms with Crippen LogP contribution in [-0.4, -0.2) is 4.57 Å². The van der Waals surface area contributed by atoms with Crippen LogP contribution >= 0.6 is 0 Å². The first-order chi connectivity index (χ1) is 15.6. The molecule has 2 aliphatic carbocycles. The molecule has 0 fully saturated rings. The van der Waals surface area contributed by atoms with Crippen LogP contribution < -0.4 is 5.73 Å². The molecule has 2 aliphatic rings. The molecular weight excluding hydrogens is 394 g/mol. The zero-order chi connectivity index (χ0) is 22.5. The fraction of sp³-hybridized carbons (Fsp3) is 0.296. The van der Waals surface area contributed by atoms with Crippen LogP contribution in [0.1, 0.15) is 37.7 Å². The SMILES string of the molecule is CCn1c2ccccc2c2cc([C@H]3[C@H]4CCCC=C4C(C#N)=C(N)C3(C#N)C#N)ccc21. The third-order valence-corrected chi connectivity index (χ3v) is 7.27. The summed E-state index contributed by atoms with van der Waals surface area (Å²) in [5.74, 6) is -0.503. The molecule has 1 heterocycles. The van der Waals surface area contributed by atoms with Crippen molar-refractivity contribution in [1.82, 2.24) is 4.57 Å². The van der Waals surface area contributed by atoms with Crippen molar-refractivity contribution in [2.75, 3.05) is 0 Å². The van der Waals surface area contributed by atoms with Gasteiger partial charge in [-0.1, -0.05) is 30.3 Å². The topological polar surface area (TPSA) is 102 Å². The van der Waals surface area contributed by atoms with Crippen LogP contribution in [0.2, 0.25) is 0 Å². The Hall–Kier alpha value is -4.01. The summed E-state index contributed by atoms with van der Waals surface area (Å²) >= 11 is 0. The molecule has 32 heavy (non-hydrogen) atoms. The van der Waals surface area contributed by atoms with E-state index in [1.165, 1.54) is 5.52 Å². The highest BCUT2D eigenvalue weighted by molar-refractivity contribution is 6.08. The smallest absolute Gasteiger partial charge is 0.191 e. The maximum absolute atomic E-state index is 10.3. The van der Waals surface area contributed by atoms with E-state index < -0.39 is 11.3 Å². The number of rotatable bonds is 2. The number of aromatic nitrogens is 1. The summed E-state index contributed by atoms with van der Waals surface area (Å²) in [7, 11) is 0. The monoisotopic (exact) mass is 417 g/mol. The van der Waals surface area contributed by atoms with Crippen LogP contribution in [0.5, 0.6) is 0 Å². The lowest BCUT2D eigenvalue weighted by Gasteiger charge is -2.43. The first kappa shape index (κ1) is 19.9. The van der Waals surface area contributed by atoms with E-state index in [1.807, 2.05) is 18.2 Å². The minimum atomic E-state index is -1.57. The molecule has 0 aliphatic heterocycles. The predicted molar refractivity (Wildman–Crippen MR) is 124 cm³/mol. The number of aryl methyl sites for hydroxylation is 1. The quantitative estimate of drug-likeness (QED) is 0.602. The van der Waals surface area contributed by atoms with E-state index in [-0.39, 0.29) is 11.6 Å². The molecular formula is C27H23N5. The van der Waals surface area contributed by atoms with Gasteiger partial charge in [-0.05, 0) is 61.4 Å². The number of benzene rings is 2. The maximum Gasteiger partial charge on any atom is 0.191 e. The number of allylic oxidation sites excluding steroid dienone is 4. The Balaban J connectivity index is 1.82. The highest BCUT2D eigenvalue weighted by Crippen LogP contribution is 2.56. The van der Waals surface area contributed by atoms with Crippen LogP contribution in [0.15, 0.2) is 65.4 Å². The second-order valence-corrected chi connectivity index (χ2v) is 8.64. The molecule has 2 N–H and O–H groups in total. The zero-order valence-electron chi connectivity index (χ0n) is 18.0. The lowest BCUT2D eigenvalue weighted by atomic mass is 9.56. The van der Waals surface area contributed by atoms with E-state index in [0.717, 1.165) is 53.2 Å². The van der Waals surface area contributed by atoms with E-state index in [9.17, 15) is 15.8 Å². The van der Waals surface area contributed by atoms with E-state index in [0.29, 0.717) is 5.57 Å². The average molecular weight is 418 g/mol. The number of hydrogen-bond acceptors (Lipinski definition) is 4. The van der Waals surface area contributed by atoms with Crippen molar-refractivity contribution in [3.63, 3.8) is 0 Å². The Labute approximate surface area is 187 Å². The summed E-state index contributed by atoms with van der Waals surface area (Å²) in [4.78, 5) is 0. The third kappa shape index (κ3) is 2.47. The second kappa shape index (κ2) is 7.30. The van der Waals surface area contributed by atoms with Gasteiger partial charge in [-0.25, -0.2) is 0 Å². The Kier molecular flexibility index (Phi) is 4.54. The van der Waals surface area contributed by atoms with Crippen molar-refractivity contribution in [3.8, 4) is 18.2 Å². The lowest BCUT2D eigenvalue weighted by Crippen LogP contribution is -2.42. The molecule has 0 saturated carbocycles. The van der Waals surface area contributed by atoms with Gasteiger partial charge >= 0.3 is 0 Å². The Morgan fingerprint density at radius 2 is 1.81 bits per heavy atom. The molecule has 0 saturated heterocycles. The van der Waals surface area contributed by atoms with Gasteiger partial charge in [0, 0.05) is 34.3 Å². The molecule has 0 radical (unpaired) electrons. The minimum Gasteiger partial charge on any atom is -0.399 e. The summed E-state index contributed by atoms with van der Waals surface area (Å²) in [5.41, 5.74) is 9.39. The van der Waals surface area contributed by atoms with Gasteiger partial charge in [0.1, 0.15) is 6.07 Å². The molecule has 0 amide bonds. The maximum atomic E-state index is 10.3. The van der Waals surface area contributed by atoms with Gasteiger partial charge in [0.25, 0.3) is 0 Å². The lowest BCUT2D eigenvalue weighted by molar-refractivity contribution is 0.318. The van der Waals surface area contributed by atoms with Crippen molar-refractivity contribution in [1.29, 1.82) is 15.8 Å². The molecule has 5 heteroatoms. The Morgan fingerprint density at radius 3 is 2.53 bits per heavy atom. The summed E-state index contributed by atoms with van der Waals surface area (Å²) in [6.07, 6.45) is 4.75. The highest BCUT2D eigenvalue weighted by atomic mass is 15.0. The van der Waals surface area contributed by atoms with Gasteiger partial charge in [0.2, 0.25) is 0 Å².